The number of nitrogens with one attached hydrogen (secondary N) is 4. The molecule has 10 heteroatoms. The summed E-state index contributed by atoms with van der Waals surface area (Å²) in [4.78, 5) is 27.2. The van der Waals surface area contributed by atoms with Gasteiger partial charge in [0.05, 0.1) is 29.6 Å². The molecule has 0 aliphatic heterocycles. The molecule has 0 saturated heterocycles. The van der Waals surface area contributed by atoms with Gasteiger partial charge in [0.1, 0.15) is 0 Å². The summed E-state index contributed by atoms with van der Waals surface area (Å²) in [5, 5.41) is 20.8. The van der Waals surface area contributed by atoms with E-state index in [1.54, 1.807) is 0 Å². The highest BCUT2D eigenvalue weighted by Crippen LogP contribution is 2.26. The Bertz CT molecular complexity index is 1530. The van der Waals surface area contributed by atoms with E-state index < -0.39 is 34.0 Å². The predicted octanol–water partition coefficient (Wildman–Crippen LogP) is 5.20. The molecule has 3 aromatic rings. The van der Waals surface area contributed by atoms with Crippen molar-refractivity contribution in [2.24, 2.45) is 5.92 Å². The van der Waals surface area contributed by atoms with Crippen LogP contribution in [0.25, 0.3) is 0 Å². The summed E-state index contributed by atoms with van der Waals surface area (Å²) in [6, 6.07) is 22.6. The Labute approximate surface area is 273 Å². The fourth-order valence-electron chi connectivity index (χ4n) is 5.96. The number of carbonyl (C=O) groups excluding carboxylic acids is 2. The van der Waals surface area contributed by atoms with E-state index in [2.05, 4.69) is 27.6 Å². The van der Waals surface area contributed by atoms with Gasteiger partial charge in [0.25, 0.3) is 11.8 Å². The quantitative estimate of drug-likeness (QED) is 0.154. The lowest BCUT2D eigenvalue weighted by atomic mass is 9.84. The molecule has 5 N–H and O–H groups in total. The van der Waals surface area contributed by atoms with E-state index in [4.69, 9.17) is 0 Å². The van der Waals surface area contributed by atoms with Crippen LogP contribution in [0.15, 0.2) is 78.9 Å². The average molecular weight is 649 g/mol. The Balaban J connectivity index is 1.56. The lowest BCUT2D eigenvalue weighted by molar-refractivity contribution is 0.0817. The first-order chi connectivity index (χ1) is 22.0. The first kappa shape index (κ1) is 35.1. The van der Waals surface area contributed by atoms with Crippen LogP contribution in [0.4, 0.5) is 5.69 Å². The molecule has 4 rings (SSSR count). The smallest absolute Gasteiger partial charge is 0.251 e. The fraction of sp³-hybridized carbons (Fsp3) is 0.444. The van der Waals surface area contributed by atoms with Crippen molar-refractivity contribution < 1.29 is 23.1 Å². The maximum Gasteiger partial charge on any atom is 0.251 e. The van der Waals surface area contributed by atoms with Crippen LogP contribution in [0.1, 0.15) is 90.8 Å². The zero-order chi connectivity index (χ0) is 33.1. The van der Waals surface area contributed by atoms with Crippen molar-refractivity contribution in [2.75, 3.05) is 17.0 Å². The van der Waals surface area contributed by atoms with Gasteiger partial charge < -0.3 is 21.1 Å². The molecule has 1 fully saturated rings. The molecule has 0 radical (unpaired) electrons. The lowest BCUT2D eigenvalue weighted by Gasteiger charge is -2.31. The summed E-state index contributed by atoms with van der Waals surface area (Å²) in [6.07, 6.45) is 5.56. The van der Waals surface area contributed by atoms with Crippen molar-refractivity contribution in [3.63, 3.8) is 0 Å². The molecule has 0 aromatic heterocycles. The largest absolute Gasteiger partial charge is 0.390 e. The standard InChI is InChI=1S/C36H48N4O5S/c1-4-46(44,45)40-32-22-30(35(42)38-26(3)29-18-12-7-13-19-29)21-31(23-32)36(43)39-33(20-27-14-8-5-9-15-27)34(41)24-37-25(2)28-16-10-6-11-17-28/h5,7-9,12-15,18-19,21-23,25-26,28,33-34,37,40-41H,4,6,10-11,16-17,20,24H2,1-3H3,(H,38,42)(H,39,43)/t25-,26+,33-,34+/m0/s1. The number of rotatable bonds is 15. The van der Waals surface area contributed by atoms with Gasteiger partial charge in [-0.1, -0.05) is 79.9 Å². The number of hydrogen-bond acceptors (Lipinski definition) is 6. The molecular formula is C36H48N4O5S. The number of amides is 2. The molecule has 9 nitrogen and oxygen atoms in total. The maximum atomic E-state index is 13.8. The van der Waals surface area contributed by atoms with Gasteiger partial charge in [-0.15, -0.1) is 0 Å². The van der Waals surface area contributed by atoms with E-state index in [1.165, 1.54) is 57.2 Å². The van der Waals surface area contributed by atoms with Crippen LogP contribution in [0.5, 0.6) is 0 Å². The Morgan fingerprint density at radius 1 is 0.848 bits per heavy atom. The van der Waals surface area contributed by atoms with Crippen molar-refractivity contribution >= 4 is 27.5 Å². The third-order valence-corrected chi connectivity index (χ3v) is 10.2. The number of hydrogen-bond donors (Lipinski definition) is 5. The number of aliphatic hydroxyl groups is 1. The van der Waals surface area contributed by atoms with Crippen LogP contribution < -0.4 is 20.7 Å². The normalized spacial score (nSPS) is 16.5. The summed E-state index contributed by atoms with van der Waals surface area (Å²) >= 11 is 0. The van der Waals surface area contributed by atoms with E-state index in [0.717, 1.165) is 11.1 Å². The van der Waals surface area contributed by atoms with Gasteiger partial charge in [0.15, 0.2) is 0 Å². The number of benzene rings is 3. The molecule has 46 heavy (non-hydrogen) atoms. The fourth-order valence-corrected chi connectivity index (χ4v) is 6.58. The summed E-state index contributed by atoms with van der Waals surface area (Å²) in [7, 11) is -3.69. The van der Waals surface area contributed by atoms with Crippen LogP contribution >= 0.6 is 0 Å². The minimum atomic E-state index is -3.69. The molecule has 2 amide bonds. The van der Waals surface area contributed by atoms with Gasteiger partial charge in [-0.05, 0) is 75.3 Å². The number of anilines is 1. The molecular weight excluding hydrogens is 600 g/mol. The van der Waals surface area contributed by atoms with Gasteiger partial charge in [-0.3, -0.25) is 14.3 Å². The Morgan fingerprint density at radius 3 is 2.04 bits per heavy atom. The number of carbonyl (C=O) groups is 2. The second kappa shape index (κ2) is 16.7. The first-order valence-corrected chi connectivity index (χ1v) is 18.0. The highest BCUT2D eigenvalue weighted by Gasteiger charge is 2.26. The topological polar surface area (TPSA) is 137 Å². The number of aliphatic hydroxyl groups excluding tert-OH is 1. The van der Waals surface area contributed by atoms with E-state index in [-0.39, 0.29) is 34.7 Å². The average Bonchev–Trinajstić information content (AvgIpc) is 3.07. The van der Waals surface area contributed by atoms with E-state index in [9.17, 15) is 23.1 Å². The molecule has 4 atom stereocenters. The Hall–Kier alpha value is -3.73. The second-order valence-electron chi connectivity index (χ2n) is 12.3. The van der Waals surface area contributed by atoms with Crippen molar-refractivity contribution in [3.8, 4) is 0 Å². The van der Waals surface area contributed by atoms with Crippen LogP contribution in [0.3, 0.4) is 0 Å². The summed E-state index contributed by atoms with van der Waals surface area (Å²) in [5.74, 6) is -0.590. The minimum Gasteiger partial charge on any atom is -0.390 e. The van der Waals surface area contributed by atoms with Crippen LogP contribution in [-0.4, -0.2) is 55.8 Å². The van der Waals surface area contributed by atoms with Crippen LogP contribution in [0.2, 0.25) is 0 Å². The molecule has 1 saturated carbocycles. The first-order valence-electron chi connectivity index (χ1n) is 16.3. The van der Waals surface area contributed by atoms with E-state index in [1.807, 2.05) is 67.6 Å². The second-order valence-corrected chi connectivity index (χ2v) is 14.4. The molecule has 1 aliphatic carbocycles. The van der Waals surface area contributed by atoms with E-state index >= 15 is 0 Å². The highest BCUT2D eigenvalue weighted by atomic mass is 32.2. The maximum absolute atomic E-state index is 13.8. The Morgan fingerprint density at radius 2 is 1.43 bits per heavy atom. The molecule has 1 aliphatic rings. The summed E-state index contributed by atoms with van der Waals surface area (Å²) in [6.45, 7) is 5.81. The van der Waals surface area contributed by atoms with E-state index in [0.29, 0.717) is 18.9 Å². The van der Waals surface area contributed by atoms with Crippen molar-refractivity contribution in [1.82, 2.24) is 16.0 Å². The molecule has 0 bridgehead atoms. The zero-order valence-corrected chi connectivity index (χ0v) is 27.9. The van der Waals surface area contributed by atoms with Gasteiger partial charge >= 0.3 is 0 Å². The van der Waals surface area contributed by atoms with Crippen LogP contribution in [-0.2, 0) is 16.4 Å². The lowest BCUT2D eigenvalue weighted by Crippen LogP contribution is -2.50. The highest BCUT2D eigenvalue weighted by molar-refractivity contribution is 7.92. The molecule has 0 heterocycles. The van der Waals surface area contributed by atoms with Crippen molar-refractivity contribution in [1.29, 1.82) is 0 Å². The molecule has 248 valence electrons. The molecule has 0 unspecified atom stereocenters. The van der Waals surface area contributed by atoms with Crippen molar-refractivity contribution in [3.05, 3.63) is 101 Å². The van der Waals surface area contributed by atoms with Crippen molar-refractivity contribution in [2.45, 2.75) is 83.5 Å². The zero-order valence-electron chi connectivity index (χ0n) is 27.0. The van der Waals surface area contributed by atoms with Gasteiger partial charge in [0.2, 0.25) is 10.0 Å². The predicted molar refractivity (Wildman–Crippen MR) is 183 cm³/mol. The minimum absolute atomic E-state index is 0.0996. The van der Waals surface area contributed by atoms with Gasteiger partial charge in [-0.2, -0.15) is 0 Å². The summed E-state index contributed by atoms with van der Waals surface area (Å²) < 4.78 is 27.4. The monoisotopic (exact) mass is 648 g/mol. The summed E-state index contributed by atoms with van der Waals surface area (Å²) in [5.41, 5.74) is 2.19. The van der Waals surface area contributed by atoms with Gasteiger partial charge in [-0.25, -0.2) is 8.42 Å². The van der Waals surface area contributed by atoms with Gasteiger partial charge in [0, 0.05) is 23.7 Å². The third-order valence-electron chi connectivity index (χ3n) is 8.84. The third kappa shape index (κ3) is 10.4. The molecule has 0 spiro atoms. The van der Waals surface area contributed by atoms with Crippen LogP contribution in [0, 0.1) is 5.92 Å². The number of sulfonamides is 1. The Kier molecular flexibility index (Phi) is 12.8. The molecule has 3 aromatic carbocycles. The SMILES string of the molecule is CCS(=O)(=O)Nc1cc(C(=O)N[C@@H](Cc2ccccc2)[C@H](O)CN[C@@H](C)C2CCCCC2)cc(C(=O)N[C@H](C)c2ccccc2)c1.